The first-order chi connectivity index (χ1) is 15.8. The number of aromatic nitrogens is 4. The molecule has 1 amide bonds. The van der Waals surface area contributed by atoms with Crippen LogP contribution in [-0.4, -0.2) is 31.4 Å². The quantitative estimate of drug-likeness (QED) is 0.474. The average Bonchev–Trinajstić information content (AvgIpc) is 3.36. The number of thioether (sulfide) groups is 1. The molecule has 0 saturated heterocycles. The second-order valence-electron chi connectivity index (χ2n) is 9.04. The van der Waals surface area contributed by atoms with Gasteiger partial charge in [-0.3, -0.25) is 9.78 Å². The monoisotopic (exact) mass is 480 g/mol. The van der Waals surface area contributed by atoms with E-state index < -0.39 is 0 Å². The lowest BCUT2D eigenvalue weighted by Gasteiger charge is -2.36. The number of nitriles is 1. The molecule has 0 saturated carbocycles. The Morgan fingerprint density at radius 3 is 2.82 bits per heavy atom. The van der Waals surface area contributed by atoms with E-state index in [1.165, 1.54) is 16.6 Å². The van der Waals surface area contributed by atoms with Crippen molar-refractivity contribution in [3.8, 4) is 17.5 Å². The molecule has 0 aliphatic heterocycles. The normalized spacial score (nSPS) is 15.7. The van der Waals surface area contributed by atoms with Gasteiger partial charge in [-0.15, -0.1) is 21.5 Å². The number of hydrogen-bond donors (Lipinski definition) is 1. The van der Waals surface area contributed by atoms with Crippen LogP contribution in [0.3, 0.4) is 0 Å². The predicted molar refractivity (Wildman–Crippen MR) is 132 cm³/mol. The van der Waals surface area contributed by atoms with Gasteiger partial charge >= 0.3 is 0 Å². The van der Waals surface area contributed by atoms with Gasteiger partial charge in [-0.25, -0.2) is 0 Å². The molecule has 1 unspecified atom stereocenters. The topological polar surface area (TPSA) is 96.5 Å². The van der Waals surface area contributed by atoms with E-state index in [0.717, 1.165) is 42.6 Å². The van der Waals surface area contributed by atoms with Gasteiger partial charge in [0, 0.05) is 29.9 Å². The highest BCUT2D eigenvalue weighted by atomic mass is 32.2. The van der Waals surface area contributed by atoms with Crippen molar-refractivity contribution >= 4 is 34.0 Å². The van der Waals surface area contributed by atoms with E-state index in [1.54, 1.807) is 23.7 Å². The van der Waals surface area contributed by atoms with Gasteiger partial charge in [-0.1, -0.05) is 39.0 Å². The van der Waals surface area contributed by atoms with Gasteiger partial charge in [0.05, 0.1) is 11.3 Å². The minimum atomic E-state index is -0.144. The number of rotatable bonds is 7. The van der Waals surface area contributed by atoms with E-state index in [2.05, 4.69) is 47.3 Å². The molecule has 3 aromatic rings. The first kappa shape index (κ1) is 23.5. The molecular formula is C24H28N6OS2. The number of nitrogens with zero attached hydrogens (tertiary/aromatic N) is 5. The van der Waals surface area contributed by atoms with Crippen molar-refractivity contribution in [1.82, 2.24) is 19.7 Å². The van der Waals surface area contributed by atoms with Gasteiger partial charge in [-0.05, 0) is 48.3 Å². The number of amides is 1. The van der Waals surface area contributed by atoms with Crippen molar-refractivity contribution < 1.29 is 4.79 Å². The number of anilines is 1. The van der Waals surface area contributed by atoms with Crippen LogP contribution in [0.15, 0.2) is 29.7 Å². The summed E-state index contributed by atoms with van der Waals surface area (Å²) in [7, 11) is 1.88. The van der Waals surface area contributed by atoms with Gasteiger partial charge in [0.2, 0.25) is 5.91 Å². The van der Waals surface area contributed by atoms with Crippen molar-refractivity contribution in [1.29, 1.82) is 5.26 Å². The van der Waals surface area contributed by atoms with Crippen LogP contribution in [-0.2, 0) is 24.7 Å². The Morgan fingerprint density at radius 2 is 2.12 bits per heavy atom. The maximum absolute atomic E-state index is 12.7. The van der Waals surface area contributed by atoms with Crippen molar-refractivity contribution in [3.05, 3.63) is 40.5 Å². The summed E-state index contributed by atoms with van der Waals surface area (Å²) in [4.78, 5) is 18.0. The van der Waals surface area contributed by atoms with E-state index in [4.69, 9.17) is 0 Å². The number of hydrogen-bond acceptors (Lipinski definition) is 7. The molecule has 0 spiro atoms. The number of fused-ring (bicyclic) bond motifs is 1. The fourth-order valence-electron chi connectivity index (χ4n) is 4.23. The molecule has 172 valence electrons. The lowest BCUT2D eigenvalue weighted by Crippen LogP contribution is -2.28. The molecule has 4 rings (SSSR count). The first-order valence-electron chi connectivity index (χ1n) is 11.1. The zero-order valence-electron chi connectivity index (χ0n) is 19.4. The maximum atomic E-state index is 12.7. The van der Waals surface area contributed by atoms with Crippen LogP contribution in [0.4, 0.5) is 5.00 Å². The zero-order chi connectivity index (χ0) is 23.6. The van der Waals surface area contributed by atoms with E-state index >= 15 is 0 Å². The Morgan fingerprint density at radius 1 is 1.36 bits per heavy atom. The van der Waals surface area contributed by atoms with E-state index in [9.17, 15) is 10.1 Å². The third-order valence-corrected chi connectivity index (χ3v) is 8.94. The first-order valence-corrected chi connectivity index (χ1v) is 12.9. The molecule has 3 aromatic heterocycles. The predicted octanol–water partition coefficient (Wildman–Crippen LogP) is 5.08. The Bertz CT molecular complexity index is 1190. The Balaban J connectivity index is 1.43. The van der Waals surface area contributed by atoms with Gasteiger partial charge in [0.15, 0.2) is 11.0 Å². The van der Waals surface area contributed by atoms with Gasteiger partial charge in [-0.2, -0.15) is 5.26 Å². The molecule has 33 heavy (non-hydrogen) atoms. The van der Waals surface area contributed by atoms with Gasteiger partial charge < -0.3 is 9.88 Å². The molecule has 0 radical (unpaired) electrons. The summed E-state index contributed by atoms with van der Waals surface area (Å²) in [5.74, 6) is 1.38. The molecule has 0 bridgehead atoms. The summed E-state index contributed by atoms with van der Waals surface area (Å²) in [6.45, 7) is 6.90. The van der Waals surface area contributed by atoms with Gasteiger partial charge in [0.1, 0.15) is 11.1 Å². The molecule has 1 aliphatic carbocycles. The average molecular weight is 481 g/mol. The van der Waals surface area contributed by atoms with Crippen molar-refractivity contribution in [2.24, 2.45) is 18.4 Å². The molecule has 1 N–H and O–H groups in total. The standard InChI is InChI=1S/C24H28N6OS2/c1-5-24(2,3)16-6-7-17-18(13-25)22(33-19(17)12-16)27-20(31)14-32-23-29-28-21(30(23)4)15-8-10-26-11-9-15/h8-11,16H,5-7,12,14H2,1-4H3,(H,27,31). The molecule has 7 nitrogen and oxygen atoms in total. The third kappa shape index (κ3) is 4.82. The van der Waals surface area contributed by atoms with Crippen LogP contribution in [0.25, 0.3) is 11.4 Å². The molecule has 1 atom stereocenters. The van der Waals surface area contributed by atoms with Crippen LogP contribution in [0, 0.1) is 22.7 Å². The summed E-state index contributed by atoms with van der Waals surface area (Å²) < 4.78 is 1.87. The Labute approximate surface area is 202 Å². The fourth-order valence-corrected chi connectivity index (χ4v) is 6.24. The Hall–Kier alpha value is -2.70. The van der Waals surface area contributed by atoms with Crippen molar-refractivity contribution in [2.45, 2.75) is 51.6 Å². The summed E-state index contributed by atoms with van der Waals surface area (Å²) >= 11 is 2.90. The molecule has 3 heterocycles. The molecule has 9 heteroatoms. The fraction of sp³-hybridized carbons (Fsp3) is 0.458. The minimum Gasteiger partial charge on any atom is -0.316 e. The van der Waals surface area contributed by atoms with Crippen LogP contribution >= 0.6 is 23.1 Å². The number of nitrogens with one attached hydrogen (secondary N) is 1. The van der Waals surface area contributed by atoms with Crippen LogP contribution in [0.2, 0.25) is 0 Å². The number of thiophene rings is 1. The second-order valence-corrected chi connectivity index (χ2v) is 11.1. The van der Waals surface area contributed by atoms with E-state index in [0.29, 0.717) is 21.6 Å². The lowest BCUT2D eigenvalue weighted by atomic mass is 9.69. The summed E-state index contributed by atoms with van der Waals surface area (Å²) in [5.41, 5.74) is 2.96. The SMILES string of the molecule is CCC(C)(C)C1CCc2c(sc(NC(=O)CSc3nnc(-c4ccncc4)n3C)c2C#N)C1. The van der Waals surface area contributed by atoms with Crippen molar-refractivity contribution in [2.75, 3.05) is 11.1 Å². The zero-order valence-corrected chi connectivity index (χ0v) is 21.0. The third-order valence-electron chi connectivity index (χ3n) is 6.75. The highest BCUT2D eigenvalue weighted by molar-refractivity contribution is 7.99. The Kier molecular flexibility index (Phi) is 6.86. The summed E-state index contributed by atoms with van der Waals surface area (Å²) in [6, 6.07) is 6.09. The minimum absolute atomic E-state index is 0.144. The highest BCUT2D eigenvalue weighted by Gasteiger charge is 2.34. The molecular weight excluding hydrogens is 452 g/mol. The van der Waals surface area contributed by atoms with E-state index in [1.807, 2.05) is 23.7 Å². The molecule has 0 aromatic carbocycles. The van der Waals surface area contributed by atoms with Crippen LogP contribution in [0.5, 0.6) is 0 Å². The van der Waals surface area contributed by atoms with Crippen LogP contribution < -0.4 is 5.32 Å². The maximum Gasteiger partial charge on any atom is 0.235 e. The van der Waals surface area contributed by atoms with Crippen molar-refractivity contribution in [3.63, 3.8) is 0 Å². The second kappa shape index (κ2) is 9.65. The number of carbonyl (C=O) groups is 1. The molecule has 0 fully saturated rings. The molecule has 1 aliphatic rings. The summed E-state index contributed by atoms with van der Waals surface area (Å²) in [6.07, 6.45) is 7.54. The highest BCUT2D eigenvalue weighted by Crippen LogP contribution is 2.45. The summed E-state index contributed by atoms with van der Waals surface area (Å²) in [5, 5.41) is 22.6. The smallest absolute Gasteiger partial charge is 0.235 e. The largest absolute Gasteiger partial charge is 0.316 e. The number of carbonyl (C=O) groups excluding carboxylic acids is 1. The lowest BCUT2D eigenvalue weighted by molar-refractivity contribution is -0.113. The number of pyridine rings is 1. The van der Waals surface area contributed by atoms with E-state index in [-0.39, 0.29) is 17.1 Å². The van der Waals surface area contributed by atoms with Gasteiger partial charge in [0.25, 0.3) is 0 Å². The van der Waals surface area contributed by atoms with Crippen LogP contribution in [0.1, 0.15) is 49.6 Å².